The number of aromatic nitrogens is 1. The van der Waals surface area contributed by atoms with Crippen LogP contribution in [-0.2, 0) is 22.5 Å². The maximum atomic E-state index is 13.4. The Bertz CT molecular complexity index is 1280. The number of halogens is 1. The van der Waals surface area contributed by atoms with Crippen molar-refractivity contribution in [3.63, 3.8) is 0 Å². The van der Waals surface area contributed by atoms with Crippen LogP contribution in [0.2, 0.25) is 5.02 Å². The predicted octanol–water partition coefficient (Wildman–Crippen LogP) is 4.85. The van der Waals surface area contributed by atoms with Crippen LogP contribution in [0.4, 0.5) is 10.5 Å². The number of likely N-dealkylation sites (tertiary alicyclic amines) is 1. The Morgan fingerprint density at radius 2 is 1.76 bits per heavy atom. The molecule has 0 aliphatic carbocycles. The van der Waals surface area contributed by atoms with E-state index in [2.05, 4.69) is 11.9 Å². The third kappa shape index (κ3) is 6.14. The molecule has 1 aliphatic heterocycles. The number of carbonyl (C=O) groups excluding carboxylic acids is 3. The molecule has 198 valence electrons. The van der Waals surface area contributed by atoms with Gasteiger partial charge in [0, 0.05) is 36.2 Å². The van der Waals surface area contributed by atoms with Crippen molar-refractivity contribution in [1.29, 1.82) is 0 Å². The number of aryl methyl sites for hydroxylation is 1. The lowest BCUT2D eigenvalue weighted by Crippen LogP contribution is -2.51. The Balaban J connectivity index is 1.48. The third-order valence-corrected chi connectivity index (χ3v) is 7.44. The highest BCUT2D eigenvalue weighted by atomic mass is 35.5. The van der Waals surface area contributed by atoms with E-state index in [0.29, 0.717) is 29.4 Å². The Morgan fingerprint density at radius 3 is 2.37 bits per heavy atom. The number of benzene rings is 2. The largest absolute Gasteiger partial charge is 0.448 e. The van der Waals surface area contributed by atoms with Gasteiger partial charge in [0.15, 0.2) is 0 Å². The third-order valence-electron chi connectivity index (χ3n) is 7.07. The molecule has 1 aromatic heterocycles. The van der Waals surface area contributed by atoms with Crippen LogP contribution in [0.3, 0.4) is 0 Å². The first-order chi connectivity index (χ1) is 18.3. The summed E-state index contributed by atoms with van der Waals surface area (Å²) in [5.41, 5.74) is 7.77. The lowest BCUT2D eigenvalue weighted by molar-refractivity contribution is -0.133. The predicted molar refractivity (Wildman–Crippen MR) is 146 cm³/mol. The first-order valence-corrected chi connectivity index (χ1v) is 13.0. The maximum Gasteiger partial charge on any atom is 0.414 e. The molecule has 1 saturated heterocycles. The minimum absolute atomic E-state index is 0.158. The summed E-state index contributed by atoms with van der Waals surface area (Å²) in [4.78, 5) is 46.0. The summed E-state index contributed by atoms with van der Waals surface area (Å²) in [6, 6.07) is 18.4. The van der Waals surface area contributed by atoms with Gasteiger partial charge in [-0.2, -0.15) is 0 Å². The molecule has 0 bridgehead atoms. The molecule has 0 unspecified atom stereocenters. The molecule has 1 aliphatic rings. The molecule has 9 heteroatoms. The average Bonchev–Trinajstić information content (AvgIpc) is 2.96. The standard InChI is InChI=1S/C29H31ClN4O4/c1-2-21-9-11-24(12-10-21)34(19-23-6-3-4-8-25(23)30)28(37)38-20-29(27(31)36)13-16-33(17-14-29)26(35)22-7-5-15-32-18-22/h3-12,15,18H,2,13-14,16-17,19-20H2,1H3,(H2,31,36). The number of nitrogens with zero attached hydrogens (tertiary/aromatic N) is 3. The van der Waals surface area contributed by atoms with Crippen LogP contribution in [-0.4, -0.2) is 47.5 Å². The van der Waals surface area contributed by atoms with Crippen molar-refractivity contribution in [2.75, 3.05) is 24.6 Å². The van der Waals surface area contributed by atoms with Crippen molar-refractivity contribution < 1.29 is 19.1 Å². The Hall–Kier alpha value is -3.91. The van der Waals surface area contributed by atoms with E-state index in [0.717, 1.165) is 17.5 Å². The molecule has 0 atom stereocenters. The van der Waals surface area contributed by atoms with Crippen LogP contribution < -0.4 is 10.6 Å². The number of rotatable bonds is 8. The highest BCUT2D eigenvalue weighted by molar-refractivity contribution is 6.31. The number of ether oxygens (including phenoxy) is 1. The molecule has 2 aromatic carbocycles. The van der Waals surface area contributed by atoms with Gasteiger partial charge in [0.05, 0.1) is 17.5 Å². The van der Waals surface area contributed by atoms with Crippen molar-refractivity contribution in [2.24, 2.45) is 11.1 Å². The summed E-state index contributed by atoms with van der Waals surface area (Å²) in [5.74, 6) is -0.710. The fourth-order valence-corrected chi connectivity index (χ4v) is 4.71. The first-order valence-electron chi connectivity index (χ1n) is 12.6. The van der Waals surface area contributed by atoms with Crippen molar-refractivity contribution in [3.8, 4) is 0 Å². The zero-order valence-electron chi connectivity index (χ0n) is 21.3. The van der Waals surface area contributed by atoms with E-state index in [4.69, 9.17) is 22.1 Å². The molecule has 4 rings (SSSR count). The number of nitrogens with two attached hydrogens (primary N) is 1. The highest BCUT2D eigenvalue weighted by Crippen LogP contribution is 2.33. The highest BCUT2D eigenvalue weighted by Gasteiger charge is 2.42. The van der Waals surface area contributed by atoms with E-state index in [1.165, 1.54) is 11.1 Å². The summed E-state index contributed by atoms with van der Waals surface area (Å²) >= 11 is 6.38. The van der Waals surface area contributed by atoms with E-state index >= 15 is 0 Å². The average molecular weight is 535 g/mol. The van der Waals surface area contributed by atoms with Gasteiger partial charge in [-0.1, -0.05) is 48.9 Å². The number of piperidine rings is 1. The molecule has 38 heavy (non-hydrogen) atoms. The fourth-order valence-electron chi connectivity index (χ4n) is 4.52. The normalized spacial score (nSPS) is 14.5. The molecule has 0 saturated carbocycles. The molecule has 1 fully saturated rings. The van der Waals surface area contributed by atoms with Crippen LogP contribution in [0.15, 0.2) is 73.1 Å². The molecular formula is C29H31ClN4O4. The second-order valence-corrected chi connectivity index (χ2v) is 9.84. The zero-order valence-corrected chi connectivity index (χ0v) is 22.1. The first kappa shape index (κ1) is 27.1. The van der Waals surface area contributed by atoms with Gasteiger partial charge in [-0.3, -0.25) is 19.5 Å². The van der Waals surface area contributed by atoms with Gasteiger partial charge in [-0.25, -0.2) is 4.79 Å². The van der Waals surface area contributed by atoms with Crippen LogP contribution >= 0.6 is 11.6 Å². The lowest BCUT2D eigenvalue weighted by atomic mass is 9.78. The smallest absolute Gasteiger partial charge is 0.414 e. The zero-order chi connectivity index (χ0) is 27.1. The van der Waals surface area contributed by atoms with Gasteiger partial charge in [-0.15, -0.1) is 0 Å². The van der Waals surface area contributed by atoms with Gasteiger partial charge in [0.1, 0.15) is 6.61 Å². The number of primary amides is 1. The van der Waals surface area contributed by atoms with Gasteiger partial charge in [0.2, 0.25) is 5.91 Å². The maximum absolute atomic E-state index is 13.4. The minimum Gasteiger partial charge on any atom is -0.448 e. The van der Waals surface area contributed by atoms with E-state index < -0.39 is 17.4 Å². The van der Waals surface area contributed by atoms with Gasteiger partial charge in [-0.05, 0) is 60.7 Å². The molecule has 3 amide bonds. The van der Waals surface area contributed by atoms with Crippen molar-refractivity contribution in [2.45, 2.75) is 32.7 Å². The van der Waals surface area contributed by atoms with Crippen LogP contribution in [0.25, 0.3) is 0 Å². The second kappa shape index (κ2) is 12.1. The quantitative estimate of drug-likeness (QED) is 0.445. The minimum atomic E-state index is -1.07. The molecule has 2 heterocycles. The number of hydrogen-bond donors (Lipinski definition) is 1. The van der Waals surface area contributed by atoms with E-state index in [1.54, 1.807) is 29.3 Å². The Morgan fingerprint density at radius 1 is 1.05 bits per heavy atom. The number of pyridine rings is 1. The molecule has 2 N–H and O–H groups in total. The SMILES string of the molecule is CCc1ccc(N(Cc2ccccc2Cl)C(=O)OCC2(C(N)=O)CCN(C(=O)c3cccnc3)CC2)cc1. The molecule has 0 spiro atoms. The van der Waals surface area contributed by atoms with Crippen molar-refractivity contribution in [1.82, 2.24) is 9.88 Å². The van der Waals surface area contributed by atoms with Crippen LogP contribution in [0.5, 0.6) is 0 Å². The van der Waals surface area contributed by atoms with E-state index in [-0.39, 0.29) is 31.9 Å². The monoisotopic (exact) mass is 534 g/mol. The Kier molecular flexibility index (Phi) is 8.63. The number of amides is 3. The summed E-state index contributed by atoms with van der Waals surface area (Å²) in [6.45, 7) is 2.71. The van der Waals surface area contributed by atoms with Crippen molar-refractivity contribution >= 4 is 35.2 Å². The molecule has 8 nitrogen and oxygen atoms in total. The summed E-state index contributed by atoms with van der Waals surface area (Å²) in [6.07, 6.45) is 3.96. The number of carbonyl (C=O) groups is 3. The summed E-state index contributed by atoms with van der Waals surface area (Å²) < 4.78 is 5.74. The van der Waals surface area contributed by atoms with Crippen LogP contribution in [0, 0.1) is 5.41 Å². The topological polar surface area (TPSA) is 106 Å². The van der Waals surface area contributed by atoms with Gasteiger partial charge >= 0.3 is 6.09 Å². The van der Waals surface area contributed by atoms with E-state index in [9.17, 15) is 14.4 Å². The lowest BCUT2D eigenvalue weighted by Gasteiger charge is -2.39. The number of anilines is 1. The van der Waals surface area contributed by atoms with Gasteiger partial charge in [0.25, 0.3) is 5.91 Å². The molecule has 3 aromatic rings. The fraction of sp³-hybridized carbons (Fsp3) is 0.310. The molecular weight excluding hydrogens is 504 g/mol. The Labute approximate surface area is 227 Å². The second-order valence-electron chi connectivity index (χ2n) is 9.43. The summed E-state index contributed by atoms with van der Waals surface area (Å²) in [7, 11) is 0. The summed E-state index contributed by atoms with van der Waals surface area (Å²) in [5, 5.41) is 0.537. The van der Waals surface area contributed by atoms with E-state index in [1.807, 2.05) is 42.5 Å². The molecule has 0 radical (unpaired) electrons. The van der Waals surface area contributed by atoms with Crippen LogP contribution in [0.1, 0.15) is 41.3 Å². The van der Waals surface area contributed by atoms with Crippen molar-refractivity contribution in [3.05, 3.63) is 94.8 Å². The number of hydrogen-bond acceptors (Lipinski definition) is 5. The van der Waals surface area contributed by atoms with Gasteiger partial charge < -0.3 is 15.4 Å².